The Labute approximate surface area is 112 Å². The molecule has 1 heterocycles. The summed E-state index contributed by atoms with van der Waals surface area (Å²) >= 11 is 0. The van der Waals surface area contributed by atoms with Crippen LogP contribution in [-0.2, 0) is 0 Å². The third kappa shape index (κ3) is 2.10. The van der Waals surface area contributed by atoms with Gasteiger partial charge in [0.25, 0.3) is 0 Å². The first kappa shape index (κ1) is 12.5. The van der Waals surface area contributed by atoms with E-state index in [2.05, 4.69) is 0 Å². The average molecular weight is 262 g/mol. The molecule has 0 radical (unpaired) electrons. The SMILES string of the molecule is O=C(c1ccc2c(c1)OCCCO2)C1(CO)CCC1. The van der Waals surface area contributed by atoms with Gasteiger partial charge in [0.15, 0.2) is 17.3 Å². The maximum atomic E-state index is 12.5. The number of fused-ring (bicyclic) bond motifs is 1. The highest BCUT2D eigenvalue weighted by Gasteiger charge is 2.43. The van der Waals surface area contributed by atoms with Crippen LogP contribution in [0.4, 0.5) is 0 Å². The van der Waals surface area contributed by atoms with Gasteiger partial charge in [0.1, 0.15) is 0 Å². The van der Waals surface area contributed by atoms with Crippen molar-refractivity contribution in [3.05, 3.63) is 23.8 Å². The van der Waals surface area contributed by atoms with Crippen LogP contribution < -0.4 is 9.47 Å². The first-order valence-corrected chi connectivity index (χ1v) is 6.80. The molecule has 1 aromatic carbocycles. The number of aliphatic hydroxyl groups is 1. The maximum Gasteiger partial charge on any atom is 0.171 e. The Morgan fingerprint density at radius 1 is 1.16 bits per heavy atom. The average Bonchev–Trinajstić information content (AvgIpc) is 2.62. The number of carbonyl (C=O) groups is 1. The fraction of sp³-hybridized carbons (Fsp3) is 0.533. The van der Waals surface area contributed by atoms with Crippen molar-refractivity contribution in [2.45, 2.75) is 25.7 Å². The largest absolute Gasteiger partial charge is 0.490 e. The highest BCUT2D eigenvalue weighted by Crippen LogP contribution is 2.44. The normalized spacial score (nSPS) is 20.3. The minimum atomic E-state index is -0.556. The van der Waals surface area contributed by atoms with E-state index in [0.29, 0.717) is 30.3 Å². The Bertz CT molecular complexity index is 485. The molecule has 4 heteroatoms. The summed E-state index contributed by atoms with van der Waals surface area (Å²) in [6.07, 6.45) is 3.41. The van der Waals surface area contributed by atoms with E-state index < -0.39 is 5.41 Å². The fourth-order valence-electron chi connectivity index (χ4n) is 2.67. The molecule has 1 aromatic rings. The van der Waals surface area contributed by atoms with E-state index in [9.17, 15) is 9.90 Å². The Balaban J connectivity index is 1.89. The molecule has 1 fully saturated rings. The predicted molar refractivity (Wildman–Crippen MR) is 69.7 cm³/mol. The molecule has 4 nitrogen and oxygen atoms in total. The Morgan fingerprint density at radius 2 is 1.89 bits per heavy atom. The summed E-state index contributed by atoms with van der Waals surface area (Å²) in [7, 11) is 0. The van der Waals surface area contributed by atoms with Crippen molar-refractivity contribution < 1.29 is 19.4 Å². The van der Waals surface area contributed by atoms with E-state index in [4.69, 9.17) is 9.47 Å². The number of hydrogen-bond donors (Lipinski definition) is 1. The molecule has 102 valence electrons. The Kier molecular flexibility index (Phi) is 3.19. The van der Waals surface area contributed by atoms with Gasteiger partial charge in [-0.1, -0.05) is 6.42 Å². The zero-order chi connectivity index (χ0) is 13.3. The lowest BCUT2D eigenvalue weighted by Crippen LogP contribution is -2.41. The number of ketones is 1. The minimum absolute atomic E-state index is 0.0249. The number of aliphatic hydroxyl groups excluding tert-OH is 1. The maximum absolute atomic E-state index is 12.5. The molecular weight excluding hydrogens is 244 g/mol. The lowest BCUT2D eigenvalue weighted by Gasteiger charge is -2.38. The molecule has 1 aliphatic heterocycles. The van der Waals surface area contributed by atoms with Gasteiger partial charge in [0.05, 0.1) is 25.2 Å². The van der Waals surface area contributed by atoms with E-state index >= 15 is 0 Å². The first-order chi connectivity index (χ1) is 9.25. The molecule has 0 bridgehead atoms. The van der Waals surface area contributed by atoms with Crippen LogP contribution >= 0.6 is 0 Å². The number of rotatable bonds is 3. The molecular formula is C15H18O4. The van der Waals surface area contributed by atoms with Crippen LogP contribution in [0.5, 0.6) is 11.5 Å². The zero-order valence-electron chi connectivity index (χ0n) is 10.9. The summed E-state index contributed by atoms with van der Waals surface area (Å²) in [6.45, 7) is 1.18. The standard InChI is InChI=1S/C15H18O4/c16-10-15(5-1-6-15)14(17)11-3-4-12-13(9-11)19-8-2-7-18-12/h3-4,9,16H,1-2,5-8,10H2. The van der Waals surface area contributed by atoms with Crippen molar-refractivity contribution in [1.29, 1.82) is 0 Å². The van der Waals surface area contributed by atoms with Crippen LogP contribution in [0, 0.1) is 5.41 Å². The van der Waals surface area contributed by atoms with Gasteiger partial charge in [-0.3, -0.25) is 4.79 Å². The monoisotopic (exact) mass is 262 g/mol. The highest BCUT2D eigenvalue weighted by molar-refractivity contribution is 6.01. The third-order valence-electron chi connectivity index (χ3n) is 4.10. The molecule has 0 atom stereocenters. The van der Waals surface area contributed by atoms with Crippen LogP contribution in [0.3, 0.4) is 0 Å². The molecule has 0 unspecified atom stereocenters. The second kappa shape index (κ2) is 4.85. The second-order valence-corrected chi connectivity index (χ2v) is 5.33. The summed E-state index contributed by atoms with van der Waals surface area (Å²) in [6, 6.07) is 5.31. The molecule has 1 N–H and O–H groups in total. The van der Waals surface area contributed by atoms with Crippen molar-refractivity contribution in [3.63, 3.8) is 0 Å². The summed E-state index contributed by atoms with van der Waals surface area (Å²) in [5.41, 5.74) is 0.0535. The van der Waals surface area contributed by atoms with E-state index in [1.807, 2.05) is 0 Å². The van der Waals surface area contributed by atoms with Gasteiger partial charge in [-0.05, 0) is 31.0 Å². The van der Waals surface area contributed by atoms with Crippen molar-refractivity contribution in [2.24, 2.45) is 5.41 Å². The fourth-order valence-corrected chi connectivity index (χ4v) is 2.67. The van der Waals surface area contributed by atoms with Crippen LogP contribution in [-0.4, -0.2) is 30.7 Å². The number of carbonyl (C=O) groups excluding carboxylic acids is 1. The lowest BCUT2D eigenvalue weighted by molar-refractivity contribution is 0.0347. The molecule has 0 aromatic heterocycles. The van der Waals surface area contributed by atoms with Crippen LogP contribution in [0.15, 0.2) is 18.2 Å². The summed E-state index contributed by atoms with van der Waals surface area (Å²) in [4.78, 5) is 12.5. The molecule has 1 aliphatic carbocycles. The Hall–Kier alpha value is -1.55. The summed E-state index contributed by atoms with van der Waals surface area (Å²) < 4.78 is 11.1. The Morgan fingerprint density at radius 3 is 2.53 bits per heavy atom. The zero-order valence-corrected chi connectivity index (χ0v) is 10.9. The summed E-state index contributed by atoms with van der Waals surface area (Å²) in [5.74, 6) is 1.35. The number of benzene rings is 1. The molecule has 2 aliphatic rings. The van der Waals surface area contributed by atoms with Gasteiger partial charge in [-0.25, -0.2) is 0 Å². The summed E-state index contributed by atoms with van der Waals surface area (Å²) in [5, 5.41) is 9.47. The van der Waals surface area contributed by atoms with Crippen LogP contribution in [0.25, 0.3) is 0 Å². The number of Topliss-reactive ketones (excluding diaryl/α,β-unsaturated/α-hetero) is 1. The lowest BCUT2D eigenvalue weighted by atomic mass is 9.65. The number of hydrogen-bond acceptors (Lipinski definition) is 4. The molecule has 0 spiro atoms. The van der Waals surface area contributed by atoms with Crippen molar-refractivity contribution in [3.8, 4) is 11.5 Å². The van der Waals surface area contributed by atoms with Crippen molar-refractivity contribution in [2.75, 3.05) is 19.8 Å². The van der Waals surface area contributed by atoms with E-state index in [1.54, 1.807) is 18.2 Å². The molecule has 1 saturated carbocycles. The molecule has 19 heavy (non-hydrogen) atoms. The second-order valence-electron chi connectivity index (χ2n) is 5.33. The van der Waals surface area contributed by atoms with Gasteiger partial charge in [-0.2, -0.15) is 0 Å². The van der Waals surface area contributed by atoms with Gasteiger partial charge in [0, 0.05) is 12.0 Å². The first-order valence-electron chi connectivity index (χ1n) is 6.80. The van der Waals surface area contributed by atoms with E-state index in [-0.39, 0.29) is 12.4 Å². The van der Waals surface area contributed by atoms with Crippen LogP contribution in [0.2, 0.25) is 0 Å². The van der Waals surface area contributed by atoms with E-state index in [1.165, 1.54) is 0 Å². The molecule has 0 saturated heterocycles. The van der Waals surface area contributed by atoms with Gasteiger partial charge >= 0.3 is 0 Å². The number of ether oxygens (including phenoxy) is 2. The quantitative estimate of drug-likeness (QED) is 0.848. The molecule has 0 amide bonds. The van der Waals surface area contributed by atoms with Gasteiger partial charge in [0.2, 0.25) is 0 Å². The highest BCUT2D eigenvalue weighted by atomic mass is 16.5. The smallest absolute Gasteiger partial charge is 0.171 e. The van der Waals surface area contributed by atoms with E-state index in [0.717, 1.165) is 25.7 Å². The van der Waals surface area contributed by atoms with Crippen molar-refractivity contribution >= 4 is 5.78 Å². The van der Waals surface area contributed by atoms with Gasteiger partial charge in [-0.15, -0.1) is 0 Å². The van der Waals surface area contributed by atoms with Crippen molar-refractivity contribution in [1.82, 2.24) is 0 Å². The molecule has 3 rings (SSSR count). The van der Waals surface area contributed by atoms with Gasteiger partial charge < -0.3 is 14.6 Å². The topological polar surface area (TPSA) is 55.8 Å². The van der Waals surface area contributed by atoms with Crippen LogP contribution in [0.1, 0.15) is 36.0 Å². The third-order valence-corrected chi connectivity index (χ3v) is 4.10. The predicted octanol–water partition coefficient (Wildman–Crippen LogP) is 2.19. The minimum Gasteiger partial charge on any atom is -0.490 e.